The van der Waals surface area contributed by atoms with Gasteiger partial charge in [0, 0.05) is 0 Å². The molecule has 0 fully saturated rings. The third-order valence-electron chi connectivity index (χ3n) is 3.00. The average Bonchev–Trinajstić information content (AvgIpc) is 2.26. The van der Waals surface area contributed by atoms with E-state index in [-0.39, 0.29) is 5.56 Å². The fourth-order valence-corrected chi connectivity index (χ4v) is 4.50. The number of hydrogen-bond acceptors (Lipinski definition) is 5. The fourth-order valence-electron chi connectivity index (χ4n) is 2.09. The van der Waals surface area contributed by atoms with Gasteiger partial charge in [0.15, 0.2) is 4.87 Å². The van der Waals surface area contributed by atoms with Crippen LogP contribution in [0.5, 0.6) is 0 Å². The Morgan fingerprint density at radius 3 is 2.21 bits per heavy atom. The highest BCUT2D eigenvalue weighted by Gasteiger charge is 2.54. The molecule has 0 spiro atoms. The van der Waals surface area contributed by atoms with Crippen LogP contribution in [0.4, 0.5) is 0 Å². The molecule has 0 aliphatic heterocycles. The monoisotopic (exact) mass is 305 g/mol. The molecule has 1 aliphatic carbocycles. The average molecular weight is 305 g/mol. The van der Waals surface area contributed by atoms with E-state index >= 15 is 0 Å². The van der Waals surface area contributed by atoms with Gasteiger partial charge < -0.3 is 5.73 Å². The number of hydrogen-bond donors (Lipinski definition) is 3. The summed E-state index contributed by atoms with van der Waals surface area (Å²) in [5.41, 5.74) is 5.90. The maximum Gasteiger partial charge on any atom is 0.290 e. The highest BCUT2D eigenvalue weighted by Crippen LogP contribution is 2.38. The van der Waals surface area contributed by atoms with E-state index in [1.807, 2.05) is 0 Å². The van der Waals surface area contributed by atoms with Gasteiger partial charge in [0.25, 0.3) is 20.2 Å². The van der Waals surface area contributed by atoms with E-state index in [1.54, 1.807) is 6.07 Å². The Morgan fingerprint density at radius 2 is 1.68 bits per heavy atom. The fraction of sp³-hybridized carbons (Fsp3) is 0.200. The second-order valence-corrected chi connectivity index (χ2v) is 7.31. The van der Waals surface area contributed by atoms with Crippen LogP contribution in [0.3, 0.4) is 0 Å². The topological polar surface area (TPSA) is 135 Å². The van der Waals surface area contributed by atoms with Crippen LogP contribution >= 0.6 is 0 Å². The van der Waals surface area contributed by atoms with Crippen molar-refractivity contribution in [1.82, 2.24) is 0 Å². The highest BCUT2D eigenvalue weighted by molar-refractivity contribution is 7.91. The Bertz CT molecular complexity index is 752. The summed E-state index contributed by atoms with van der Waals surface area (Å²) in [5, 5.41) is -1.98. The van der Waals surface area contributed by atoms with Crippen LogP contribution in [-0.4, -0.2) is 31.2 Å². The van der Waals surface area contributed by atoms with Crippen LogP contribution < -0.4 is 5.73 Å². The molecule has 19 heavy (non-hydrogen) atoms. The zero-order valence-corrected chi connectivity index (χ0v) is 11.1. The molecule has 0 aromatic heterocycles. The van der Waals surface area contributed by atoms with Crippen LogP contribution in [0.15, 0.2) is 30.3 Å². The molecular formula is C10H11NO6S2. The molecule has 4 N–H and O–H groups in total. The molecule has 2 atom stereocenters. The van der Waals surface area contributed by atoms with Gasteiger partial charge >= 0.3 is 0 Å². The van der Waals surface area contributed by atoms with Crippen molar-refractivity contribution in [3.05, 3.63) is 41.5 Å². The third kappa shape index (κ3) is 2.09. The molecule has 7 nitrogen and oxygen atoms in total. The summed E-state index contributed by atoms with van der Waals surface area (Å²) in [6, 6.07) is 5.84. The lowest BCUT2D eigenvalue weighted by Crippen LogP contribution is -2.57. The Morgan fingerprint density at radius 1 is 1.11 bits per heavy atom. The van der Waals surface area contributed by atoms with Gasteiger partial charge in [0.05, 0.1) is 0 Å². The second-order valence-electron chi connectivity index (χ2n) is 4.15. The number of benzene rings is 1. The lowest BCUT2D eigenvalue weighted by Gasteiger charge is -2.34. The van der Waals surface area contributed by atoms with Gasteiger partial charge in [-0.2, -0.15) is 16.8 Å². The molecule has 0 saturated heterocycles. The van der Waals surface area contributed by atoms with Crippen molar-refractivity contribution >= 4 is 26.3 Å². The van der Waals surface area contributed by atoms with E-state index in [0.29, 0.717) is 5.56 Å². The minimum absolute atomic E-state index is 0.0948. The molecule has 0 amide bonds. The number of fused-ring (bicyclic) bond motifs is 1. The van der Waals surface area contributed by atoms with Gasteiger partial charge in [-0.3, -0.25) is 9.11 Å². The molecule has 0 saturated carbocycles. The molecule has 1 aromatic rings. The van der Waals surface area contributed by atoms with Crippen molar-refractivity contribution in [3.8, 4) is 0 Å². The number of nitrogens with two attached hydrogens (primary N) is 1. The normalized spacial score (nSPS) is 27.0. The van der Waals surface area contributed by atoms with Gasteiger partial charge in [0.2, 0.25) is 0 Å². The minimum Gasteiger partial charge on any atom is -0.305 e. The van der Waals surface area contributed by atoms with Crippen LogP contribution in [0.25, 0.3) is 6.08 Å². The summed E-state index contributed by atoms with van der Waals surface area (Å²) >= 11 is 0. The summed E-state index contributed by atoms with van der Waals surface area (Å²) in [4.78, 5) is -2.65. The zero-order valence-electron chi connectivity index (χ0n) is 9.46. The van der Waals surface area contributed by atoms with Crippen molar-refractivity contribution in [1.29, 1.82) is 0 Å². The summed E-state index contributed by atoms with van der Waals surface area (Å²) in [6.45, 7) is 0. The molecular weight excluding hydrogens is 294 g/mol. The van der Waals surface area contributed by atoms with Gasteiger partial charge in [-0.1, -0.05) is 36.4 Å². The van der Waals surface area contributed by atoms with Crippen molar-refractivity contribution < 1.29 is 25.9 Å². The van der Waals surface area contributed by atoms with Gasteiger partial charge in [-0.05, 0) is 11.1 Å². The van der Waals surface area contributed by atoms with Crippen LogP contribution in [0.2, 0.25) is 0 Å². The lowest BCUT2D eigenvalue weighted by atomic mass is 9.92. The Labute approximate surface area is 110 Å². The molecule has 0 bridgehead atoms. The van der Waals surface area contributed by atoms with Gasteiger partial charge in [-0.15, -0.1) is 0 Å². The predicted octanol–water partition coefficient (Wildman–Crippen LogP) is -0.0309. The quantitative estimate of drug-likeness (QED) is 0.653. The van der Waals surface area contributed by atoms with E-state index in [2.05, 4.69) is 0 Å². The lowest BCUT2D eigenvalue weighted by molar-refractivity contribution is 0.408. The smallest absolute Gasteiger partial charge is 0.290 e. The Hall–Kier alpha value is -1.26. The van der Waals surface area contributed by atoms with E-state index in [1.165, 1.54) is 24.3 Å². The molecule has 0 radical (unpaired) electrons. The zero-order chi connectivity index (χ0) is 14.5. The van der Waals surface area contributed by atoms with E-state index in [0.717, 1.165) is 6.08 Å². The summed E-state index contributed by atoms with van der Waals surface area (Å²) in [6.07, 6.45) is 2.26. The SMILES string of the molecule is NC1(S(=O)(=O)O)c2ccccc2C=CC1S(=O)(=O)O. The second kappa shape index (κ2) is 4.12. The molecule has 1 aliphatic rings. The maximum absolute atomic E-state index is 11.5. The van der Waals surface area contributed by atoms with Gasteiger partial charge in [0.1, 0.15) is 5.25 Å². The standard InChI is InChI=1S/C10H11NO6S2/c11-10(19(15,16)17)8-4-2-1-3-7(8)5-6-9(10)18(12,13)14/h1-6,9H,11H2,(H,12,13,14)(H,15,16,17). The first kappa shape index (κ1) is 14.2. The van der Waals surface area contributed by atoms with Crippen molar-refractivity contribution in [2.24, 2.45) is 5.73 Å². The van der Waals surface area contributed by atoms with Crippen LogP contribution in [0, 0.1) is 0 Å². The van der Waals surface area contributed by atoms with E-state index < -0.39 is 30.4 Å². The van der Waals surface area contributed by atoms with Crippen molar-refractivity contribution in [2.45, 2.75) is 10.1 Å². The summed E-state index contributed by atoms with van der Waals surface area (Å²) in [5.74, 6) is 0. The molecule has 2 rings (SSSR count). The summed E-state index contributed by atoms with van der Waals surface area (Å²) < 4.78 is 64.2. The summed E-state index contributed by atoms with van der Waals surface area (Å²) in [7, 11) is -9.79. The first-order valence-corrected chi connectivity index (χ1v) is 8.02. The maximum atomic E-state index is 11.5. The molecule has 9 heteroatoms. The van der Waals surface area contributed by atoms with Crippen molar-refractivity contribution in [3.63, 3.8) is 0 Å². The molecule has 1 aromatic carbocycles. The first-order valence-electron chi connectivity index (χ1n) is 5.08. The Balaban J connectivity index is 2.86. The Kier molecular flexibility index (Phi) is 3.07. The molecule has 0 heterocycles. The molecule has 104 valence electrons. The van der Waals surface area contributed by atoms with E-state index in [4.69, 9.17) is 10.3 Å². The minimum atomic E-state index is -4.98. The van der Waals surface area contributed by atoms with Crippen molar-refractivity contribution in [2.75, 3.05) is 0 Å². The number of rotatable bonds is 2. The van der Waals surface area contributed by atoms with Crippen LogP contribution in [0.1, 0.15) is 11.1 Å². The van der Waals surface area contributed by atoms with E-state index in [9.17, 15) is 21.4 Å². The highest BCUT2D eigenvalue weighted by atomic mass is 32.2. The predicted molar refractivity (Wildman–Crippen MR) is 68.2 cm³/mol. The van der Waals surface area contributed by atoms with Crippen LogP contribution in [-0.2, 0) is 25.1 Å². The van der Waals surface area contributed by atoms with Gasteiger partial charge in [-0.25, -0.2) is 0 Å². The third-order valence-corrected chi connectivity index (χ3v) is 5.65. The molecule has 2 unspecified atom stereocenters. The first-order chi connectivity index (χ1) is 8.58. The largest absolute Gasteiger partial charge is 0.305 e.